The second kappa shape index (κ2) is 8.19. The van der Waals surface area contributed by atoms with Crippen molar-refractivity contribution < 1.29 is 19.4 Å². The summed E-state index contributed by atoms with van der Waals surface area (Å²) in [7, 11) is 3.01. The van der Waals surface area contributed by atoms with Gasteiger partial charge in [-0.05, 0) is 24.1 Å². The number of rotatable bonds is 7. The van der Waals surface area contributed by atoms with Gasteiger partial charge in [0.25, 0.3) is 5.91 Å². The average Bonchev–Trinajstić information content (AvgIpc) is 2.61. The van der Waals surface area contributed by atoms with Crippen LogP contribution < -0.4 is 14.8 Å². The van der Waals surface area contributed by atoms with Crippen molar-refractivity contribution in [2.75, 3.05) is 20.8 Å². The first-order chi connectivity index (χ1) is 11.2. The summed E-state index contributed by atoms with van der Waals surface area (Å²) < 4.78 is 10.4. The van der Waals surface area contributed by atoms with E-state index in [1.54, 1.807) is 18.2 Å². The number of methoxy groups -OCH3 is 2. The van der Waals surface area contributed by atoms with Gasteiger partial charge < -0.3 is 19.9 Å². The van der Waals surface area contributed by atoms with Crippen molar-refractivity contribution in [3.05, 3.63) is 59.7 Å². The molecule has 122 valence electrons. The Kier molecular flexibility index (Phi) is 6.00. The van der Waals surface area contributed by atoms with Gasteiger partial charge in [-0.2, -0.15) is 0 Å². The molecule has 2 aromatic rings. The van der Waals surface area contributed by atoms with E-state index >= 15 is 0 Å². The minimum atomic E-state index is -0.615. The molecular formula is C18H21NO4. The molecule has 0 aliphatic heterocycles. The van der Waals surface area contributed by atoms with Gasteiger partial charge in [0.15, 0.2) is 0 Å². The van der Waals surface area contributed by atoms with Crippen LogP contribution in [0.4, 0.5) is 0 Å². The van der Waals surface area contributed by atoms with E-state index in [1.807, 2.05) is 30.3 Å². The van der Waals surface area contributed by atoms with Crippen LogP contribution in [-0.4, -0.2) is 31.8 Å². The first-order valence-corrected chi connectivity index (χ1v) is 7.39. The van der Waals surface area contributed by atoms with Crippen LogP contribution in [-0.2, 0) is 0 Å². The average molecular weight is 315 g/mol. The molecule has 5 heteroatoms. The first kappa shape index (κ1) is 16.8. The van der Waals surface area contributed by atoms with Crippen molar-refractivity contribution in [1.29, 1.82) is 0 Å². The lowest BCUT2D eigenvalue weighted by atomic mass is 10.1. The first-order valence-electron chi connectivity index (χ1n) is 7.39. The fourth-order valence-corrected chi connectivity index (χ4v) is 2.33. The number of ether oxygens (including phenoxy) is 2. The van der Waals surface area contributed by atoms with Crippen LogP contribution >= 0.6 is 0 Å². The monoisotopic (exact) mass is 315 g/mol. The number of nitrogens with one attached hydrogen (secondary N) is 1. The summed E-state index contributed by atoms with van der Waals surface area (Å²) in [4.78, 5) is 12.4. The summed E-state index contributed by atoms with van der Waals surface area (Å²) in [6.07, 6.45) is -0.191. The zero-order chi connectivity index (χ0) is 16.7. The minimum absolute atomic E-state index is 0.292. The molecule has 0 bridgehead atoms. The lowest BCUT2D eigenvalue weighted by Gasteiger charge is -2.14. The fourth-order valence-electron chi connectivity index (χ4n) is 2.33. The van der Waals surface area contributed by atoms with Gasteiger partial charge in [-0.25, -0.2) is 0 Å². The van der Waals surface area contributed by atoms with Gasteiger partial charge in [0.2, 0.25) is 0 Å². The van der Waals surface area contributed by atoms with E-state index in [1.165, 1.54) is 14.2 Å². The molecule has 1 unspecified atom stereocenters. The van der Waals surface area contributed by atoms with E-state index in [0.29, 0.717) is 30.0 Å². The van der Waals surface area contributed by atoms with Gasteiger partial charge in [0, 0.05) is 6.54 Å². The molecule has 1 atom stereocenters. The SMILES string of the molecule is COc1cccc(OC)c1C(=O)NCCC(O)c1ccccc1. The molecule has 0 aliphatic carbocycles. The summed E-state index contributed by atoms with van der Waals surface area (Å²) >= 11 is 0. The van der Waals surface area contributed by atoms with Gasteiger partial charge >= 0.3 is 0 Å². The maximum atomic E-state index is 12.4. The quantitative estimate of drug-likeness (QED) is 0.824. The zero-order valence-corrected chi connectivity index (χ0v) is 13.3. The number of aliphatic hydroxyl groups excluding tert-OH is 1. The molecule has 2 N–H and O–H groups in total. The Bertz CT molecular complexity index is 620. The maximum Gasteiger partial charge on any atom is 0.258 e. The molecule has 0 spiro atoms. The fraction of sp³-hybridized carbons (Fsp3) is 0.278. The number of carbonyl (C=O) groups is 1. The second-order valence-electron chi connectivity index (χ2n) is 5.01. The number of aliphatic hydroxyl groups is 1. The molecule has 0 radical (unpaired) electrons. The number of amides is 1. The molecule has 0 aromatic heterocycles. The van der Waals surface area contributed by atoms with Crippen LogP contribution in [0.5, 0.6) is 11.5 Å². The second-order valence-corrected chi connectivity index (χ2v) is 5.01. The van der Waals surface area contributed by atoms with Crippen LogP contribution in [0.3, 0.4) is 0 Å². The van der Waals surface area contributed by atoms with E-state index in [9.17, 15) is 9.90 Å². The van der Waals surface area contributed by atoms with Crippen molar-refractivity contribution >= 4 is 5.91 Å². The molecule has 2 rings (SSSR count). The standard InChI is InChI=1S/C18H21NO4/c1-22-15-9-6-10-16(23-2)17(15)18(21)19-12-11-14(20)13-7-4-3-5-8-13/h3-10,14,20H,11-12H2,1-2H3,(H,19,21). The zero-order valence-electron chi connectivity index (χ0n) is 13.3. The van der Waals surface area contributed by atoms with Gasteiger partial charge in [0.1, 0.15) is 17.1 Å². The van der Waals surface area contributed by atoms with Crippen LogP contribution in [0.2, 0.25) is 0 Å². The third-order valence-electron chi connectivity index (χ3n) is 3.54. The molecule has 0 saturated heterocycles. The molecule has 0 aliphatic rings. The molecular weight excluding hydrogens is 294 g/mol. The van der Waals surface area contributed by atoms with Gasteiger partial charge in [-0.15, -0.1) is 0 Å². The third kappa shape index (κ3) is 4.23. The molecule has 0 fully saturated rings. The van der Waals surface area contributed by atoms with Crippen molar-refractivity contribution in [2.24, 2.45) is 0 Å². The number of hydrogen-bond donors (Lipinski definition) is 2. The highest BCUT2D eigenvalue weighted by atomic mass is 16.5. The van der Waals surface area contributed by atoms with Crippen molar-refractivity contribution in [1.82, 2.24) is 5.32 Å². The van der Waals surface area contributed by atoms with Gasteiger partial charge in [-0.3, -0.25) is 4.79 Å². The Hall–Kier alpha value is -2.53. The number of carbonyl (C=O) groups excluding carboxylic acids is 1. The lowest BCUT2D eigenvalue weighted by Crippen LogP contribution is -2.26. The van der Waals surface area contributed by atoms with Crippen LogP contribution in [0.25, 0.3) is 0 Å². The third-order valence-corrected chi connectivity index (χ3v) is 3.54. The Labute approximate surface area is 135 Å². The normalized spacial score (nSPS) is 11.6. The highest BCUT2D eigenvalue weighted by molar-refractivity contribution is 5.99. The van der Waals surface area contributed by atoms with E-state index in [2.05, 4.69) is 5.32 Å². The van der Waals surface area contributed by atoms with E-state index in [-0.39, 0.29) is 5.91 Å². The summed E-state index contributed by atoms with van der Waals surface area (Å²) in [6.45, 7) is 0.343. The summed E-state index contributed by atoms with van der Waals surface area (Å²) in [5.74, 6) is 0.607. The molecule has 23 heavy (non-hydrogen) atoms. The van der Waals surface area contributed by atoms with Crippen LogP contribution in [0, 0.1) is 0 Å². The molecule has 0 heterocycles. The smallest absolute Gasteiger partial charge is 0.258 e. The van der Waals surface area contributed by atoms with Crippen molar-refractivity contribution in [2.45, 2.75) is 12.5 Å². The molecule has 1 amide bonds. The molecule has 2 aromatic carbocycles. The topological polar surface area (TPSA) is 67.8 Å². The maximum absolute atomic E-state index is 12.4. The number of hydrogen-bond acceptors (Lipinski definition) is 4. The minimum Gasteiger partial charge on any atom is -0.496 e. The highest BCUT2D eigenvalue weighted by Gasteiger charge is 2.18. The van der Waals surface area contributed by atoms with Gasteiger partial charge in [-0.1, -0.05) is 36.4 Å². The Morgan fingerprint density at radius 1 is 1.04 bits per heavy atom. The lowest BCUT2D eigenvalue weighted by molar-refractivity contribution is 0.0936. The Morgan fingerprint density at radius 3 is 2.22 bits per heavy atom. The highest BCUT2D eigenvalue weighted by Crippen LogP contribution is 2.28. The van der Waals surface area contributed by atoms with E-state index in [0.717, 1.165) is 5.56 Å². The van der Waals surface area contributed by atoms with E-state index < -0.39 is 6.10 Å². The summed E-state index contributed by atoms with van der Waals surface area (Å²) in [5, 5.41) is 12.9. The van der Waals surface area contributed by atoms with Crippen LogP contribution in [0.15, 0.2) is 48.5 Å². The van der Waals surface area contributed by atoms with Crippen molar-refractivity contribution in [3.63, 3.8) is 0 Å². The van der Waals surface area contributed by atoms with Gasteiger partial charge in [0.05, 0.1) is 20.3 Å². The molecule has 5 nitrogen and oxygen atoms in total. The predicted octanol–water partition coefficient (Wildman–Crippen LogP) is 2.56. The van der Waals surface area contributed by atoms with Crippen LogP contribution in [0.1, 0.15) is 28.4 Å². The molecule has 0 saturated carbocycles. The summed E-state index contributed by atoms with van der Waals surface area (Å²) in [5.41, 5.74) is 1.18. The number of benzene rings is 2. The Balaban J connectivity index is 1.98. The summed E-state index contributed by atoms with van der Waals surface area (Å²) in [6, 6.07) is 14.5. The van der Waals surface area contributed by atoms with E-state index in [4.69, 9.17) is 9.47 Å². The van der Waals surface area contributed by atoms with Crippen molar-refractivity contribution in [3.8, 4) is 11.5 Å². The Morgan fingerprint density at radius 2 is 1.65 bits per heavy atom. The largest absolute Gasteiger partial charge is 0.496 e. The predicted molar refractivity (Wildman–Crippen MR) is 87.9 cm³/mol.